The lowest BCUT2D eigenvalue weighted by atomic mass is 9.99. The highest BCUT2D eigenvalue weighted by molar-refractivity contribution is 6.05. The molecule has 0 radical (unpaired) electrons. The molecule has 6 aromatic rings. The van der Waals surface area contributed by atoms with Gasteiger partial charge in [-0.2, -0.15) is 0 Å². The lowest BCUT2D eigenvalue weighted by Crippen LogP contribution is -2.51. The fourth-order valence-electron chi connectivity index (χ4n) is 8.43. The molecule has 4 N–H and O–H groups in total. The second-order valence-corrected chi connectivity index (χ2v) is 16.5. The van der Waals surface area contributed by atoms with Crippen LogP contribution in [0.3, 0.4) is 0 Å². The zero-order valence-electron chi connectivity index (χ0n) is 36.8. The van der Waals surface area contributed by atoms with Crippen molar-refractivity contribution < 1.29 is 33.4 Å². The van der Waals surface area contributed by atoms with E-state index in [1.165, 1.54) is 14.2 Å². The number of nitrogens with zero attached hydrogens (tertiary/aromatic N) is 4. The van der Waals surface area contributed by atoms with Gasteiger partial charge in [0.15, 0.2) is 0 Å². The number of alkyl carbamates (subject to hydrolysis) is 2. The molecule has 4 aromatic carbocycles. The van der Waals surface area contributed by atoms with Crippen molar-refractivity contribution in [2.24, 2.45) is 11.8 Å². The molecule has 15 heteroatoms. The molecule has 1 aliphatic rings. The molecule has 7 rings (SSSR count). The number of methoxy groups -OCH3 is 3. The van der Waals surface area contributed by atoms with Gasteiger partial charge >= 0.3 is 12.2 Å². The SMILES string of the molecule is COC[C@@H](C)CN(C(=O)[C@H](NC(=O)OC)c1ccccc1)[C@@H](C)c1ncc(-c2ccc(-c3ccc4c(ccc5nc([C@@H]6CCCN6C(=O)[C@@H](NC(=O)OC)C(C)C)[nH]c54)c3)cc2)[nH]1. The number of hydrogen-bond donors (Lipinski definition) is 4. The van der Waals surface area contributed by atoms with Crippen LogP contribution in [-0.2, 0) is 23.8 Å². The first kappa shape index (κ1) is 44.3. The van der Waals surface area contributed by atoms with E-state index in [-0.39, 0.29) is 29.7 Å². The van der Waals surface area contributed by atoms with Crippen molar-refractivity contribution in [3.8, 4) is 22.4 Å². The van der Waals surface area contributed by atoms with Gasteiger partial charge in [-0.15, -0.1) is 0 Å². The Bertz CT molecular complexity index is 2550. The second kappa shape index (κ2) is 19.5. The number of fused-ring (bicyclic) bond motifs is 3. The van der Waals surface area contributed by atoms with Crippen LogP contribution in [0, 0.1) is 11.8 Å². The number of aromatic nitrogens is 4. The third-order valence-corrected chi connectivity index (χ3v) is 11.8. The maximum absolute atomic E-state index is 14.4. The van der Waals surface area contributed by atoms with Crippen molar-refractivity contribution in [1.29, 1.82) is 0 Å². The molecule has 1 aliphatic heterocycles. The highest BCUT2D eigenvalue weighted by Gasteiger charge is 2.38. The van der Waals surface area contributed by atoms with E-state index in [9.17, 15) is 19.2 Å². The predicted molar refractivity (Wildman–Crippen MR) is 240 cm³/mol. The largest absolute Gasteiger partial charge is 0.453 e. The average molecular weight is 857 g/mol. The number of nitrogens with one attached hydrogen (secondary N) is 4. The minimum absolute atomic E-state index is 0.00183. The first-order valence-electron chi connectivity index (χ1n) is 21.3. The van der Waals surface area contributed by atoms with Crippen LogP contribution >= 0.6 is 0 Å². The van der Waals surface area contributed by atoms with Gasteiger partial charge in [0.1, 0.15) is 23.7 Å². The molecule has 0 bridgehead atoms. The Hall–Kier alpha value is -6.74. The van der Waals surface area contributed by atoms with E-state index in [0.717, 1.165) is 62.9 Å². The number of hydrogen-bond acceptors (Lipinski definition) is 9. The fourth-order valence-corrected chi connectivity index (χ4v) is 8.43. The molecule has 1 fully saturated rings. The molecule has 2 aromatic heterocycles. The van der Waals surface area contributed by atoms with Gasteiger partial charge in [0.05, 0.1) is 55.8 Å². The summed E-state index contributed by atoms with van der Waals surface area (Å²) in [6.07, 6.45) is 2.03. The number of benzene rings is 4. The minimum Gasteiger partial charge on any atom is -0.453 e. The van der Waals surface area contributed by atoms with Crippen LogP contribution in [-0.4, -0.2) is 101 Å². The number of imidazole rings is 2. The molecule has 3 heterocycles. The first-order chi connectivity index (χ1) is 30.4. The number of carbonyl (C=O) groups is 4. The van der Waals surface area contributed by atoms with Crippen molar-refractivity contribution in [2.75, 3.05) is 41.0 Å². The number of rotatable bonds is 15. The predicted octanol–water partition coefficient (Wildman–Crippen LogP) is 8.09. The summed E-state index contributed by atoms with van der Waals surface area (Å²) in [6, 6.07) is 25.4. The maximum Gasteiger partial charge on any atom is 0.407 e. The molecule has 5 atom stereocenters. The van der Waals surface area contributed by atoms with Crippen LogP contribution in [0.5, 0.6) is 0 Å². The van der Waals surface area contributed by atoms with Crippen LogP contribution in [0.25, 0.3) is 44.2 Å². The highest BCUT2D eigenvalue weighted by Crippen LogP contribution is 2.36. The summed E-state index contributed by atoms with van der Waals surface area (Å²) in [5.74, 6) is 0.760. The number of H-pyrrole nitrogens is 2. The summed E-state index contributed by atoms with van der Waals surface area (Å²) < 4.78 is 15.1. The molecular weight excluding hydrogens is 801 g/mol. The Morgan fingerprint density at radius 3 is 2.24 bits per heavy atom. The summed E-state index contributed by atoms with van der Waals surface area (Å²) in [5.41, 5.74) is 6.17. The van der Waals surface area contributed by atoms with Gasteiger partial charge in [0.2, 0.25) is 5.91 Å². The Morgan fingerprint density at radius 2 is 1.54 bits per heavy atom. The van der Waals surface area contributed by atoms with Gasteiger partial charge in [0, 0.05) is 25.6 Å². The summed E-state index contributed by atoms with van der Waals surface area (Å²) in [6.45, 7) is 9.12. The number of aromatic amines is 2. The molecule has 0 spiro atoms. The number of ether oxygens (including phenoxy) is 3. The molecule has 0 saturated carbocycles. The van der Waals surface area contributed by atoms with E-state index in [4.69, 9.17) is 24.2 Å². The monoisotopic (exact) mass is 856 g/mol. The Balaban J connectivity index is 1.09. The molecule has 0 unspecified atom stereocenters. The summed E-state index contributed by atoms with van der Waals surface area (Å²) in [7, 11) is 4.19. The second-order valence-electron chi connectivity index (χ2n) is 16.5. The minimum atomic E-state index is -0.974. The molecular formula is C48H56N8O7. The van der Waals surface area contributed by atoms with E-state index in [1.54, 1.807) is 30.3 Å². The van der Waals surface area contributed by atoms with E-state index < -0.39 is 30.3 Å². The molecule has 0 aliphatic carbocycles. The van der Waals surface area contributed by atoms with Crippen molar-refractivity contribution >= 4 is 45.8 Å². The van der Waals surface area contributed by atoms with Gasteiger partial charge in [-0.25, -0.2) is 19.6 Å². The lowest BCUT2D eigenvalue weighted by molar-refractivity contribution is -0.137. The third-order valence-electron chi connectivity index (χ3n) is 11.8. The van der Waals surface area contributed by atoms with Gasteiger partial charge < -0.3 is 44.6 Å². The van der Waals surface area contributed by atoms with E-state index >= 15 is 0 Å². The van der Waals surface area contributed by atoms with Crippen LogP contribution in [0.1, 0.15) is 75.9 Å². The van der Waals surface area contributed by atoms with Crippen molar-refractivity contribution in [1.82, 2.24) is 40.4 Å². The normalized spacial score (nSPS) is 15.8. The van der Waals surface area contributed by atoms with Gasteiger partial charge in [-0.05, 0) is 71.4 Å². The standard InChI is InChI=1S/C48H56N8O7/c1-28(2)40(53-47(59)62-6)45(57)55-23-11-14-39(55)44-50-37-22-20-35-24-34(19-21-36(35)42(37)52-44)31-15-17-32(18-16-31)38-25-49-43(51-38)30(4)56(26-29(3)27-61-5)46(58)41(54-48(60)63-7)33-12-9-8-10-13-33/h8-10,12-13,15-22,24-25,28-30,39-41H,11,14,23,26-27H2,1-7H3,(H,49,51)(H,50,52)(H,53,59)(H,54,60)/t29-,30-,39-,40-,41+/m0/s1. The molecule has 63 heavy (non-hydrogen) atoms. The van der Waals surface area contributed by atoms with Crippen LogP contribution in [0.15, 0.2) is 91.1 Å². The number of amides is 4. The van der Waals surface area contributed by atoms with Crippen molar-refractivity contribution in [2.45, 2.75) is 64.7 Å². The summed E-state index contributed by atoms with van der Waals surface area (Å²) in [5, 5.41) is 7.51. The summed E-state index contributed by atoms with van der Waals surface area (Å²) in [4.78, 5) is 72.8. The Labute approximate surface area is 366 Å². The fraction of sp³-hybridized carbons (Fsp3) is 0.375. The van der Waals surface area contributed by atoms with Crippen LogP contribution < -0.4 is 10.6 Å². The third kappa shape index (κ3) is 9.68. The van der Waals surface area contributed by atoms with Crippen LogP contribution in [0.4, 0.5) is 9.59 Å². The summed E-state index contributed by atoms with van der Waals surface area (Å²) >= 11 is 0. The quantitative estimate of drug-likeness (QED) is 0.0793. The van der Waals surface area contributed by atoms with Crippen molar-refractivity contribution in [3.63, 3.8) is 0 Å². The number of likely N-dealkylation sites (tertiary alicyclic amines) is 1. The number of carbonyl (C=O) groups excluding carboxylic acids is 4. The molecule has 1 saturated heterocycles. The van der Waals surface area contributed by atoms with Crippen molar-refractivity contribution in [3.05, 3.63) is 108 Å². The molecule has 4 amide bonds. The van der Waals surface area contributed by atoms with E-state index in [2.05, 4.69) is 57.0 Å². The maximum atomic E-state index is 14.4. The van der Waals surface area contributed by atoms with E-state index in [0.29, 0.717) is 31.1 Å². The Kier molecular flexibility index (Phi) is 13.7. The smallest absolute Gasteiger partial charge is 0.407 e. The van der Waals surface area contributed by atoms with Crippen LogP contribution in [0.2, 0.25) is 0 Å². The molecule has 15 nitrogen and oxygen atoms in total. The zero-order valence-corrected chi connectivity index (χ0v) is 36.8. The van der Waals surface area contributed by atoms with Gasteiger partial charge in [-0.1, -0.05) is 93.6 Å². The molecule has 330 valence electrons. The average Bonchev–Trinajstić information content (AvgIpc) is 4.09. The Morgan fingerprint density at radius 1 is 0.841 bits per heavy atom. The topological polar surface area (TPSA) is 184 Å². The first-order valence-corrected chi connectivity index (χ1v) is 21.3. The zero-order chi connectivity index (χ0) is 44.8. The van der Waals surface area contributed by atoms with Gasteiger partial charge in [0.25, 0.3) is 5.91 Å². The van der Waals surface area contributed by atoms with Gasteiger partial charge in [-0.3, -0.25) is 9.59 Å². The lowest BCUT2D eigenvalue weighted by Gasteiger charge is -2.33. The van der Waals surface area contributed by atoms with E-state index in [1.807, 2.05) is 69.0 Å². The highest BCUT2D eigenvalue weighted by atomic mass is 16.5.